The van der Waals surface area contributed by atoms with E-state index in [2.05, 4.69) is 6.58 Å². The number of carbonyl (C=O) groups excluding carboxylic acids is 5. The highest BCUT2D eigenvalue weighted by Crippen LogP contribution is 2.50. The Bertz CT molecular complexity index is 1020. The van der Waals surface area contributed by atoms with Crippen molar-refractivity contribution in [2.45, 2.75) is 99.1 Å². The Morgan fingerprint density at radius 1 is 1.03 bits per heavy atom. The Hall–Kier alpha value is -2.81. The number of carbonyl (C=O) groups is 5. The first kappa shape index (κ1) is 32.4. The van der Waals surface area contributed by atoms with Crippen LogP contribution in [0.4, 0.5) is 0 Å². The molecule has 0 spiro atoms. The lowest BCUT2D eigenvalue weighted by atomic mass is 9.73. The lowest BCUT2D eigenvalue weighted by Gasteiger charge is -2.42. The molecule has 0 radical (unpaired) electrons. The minimum absolute atomic E-state index is 0.0388. The maximum atomic E-state index is 14.2. The third kappa shape index (κ3) is 7.44. The van der Waals surface area contributed by atoms with Crippen molar-refractivity contribution < 1.29 is 42.9 Å². The van der Waals surface area contributed by atoms with E-state index >= 15 is 0 Å². The largest absolute Gasteiger partial charge is 0.462 e. The van der Waals surface area contributed by atoms with Crippen molar-refractivity contribution in [3.05, 3.63) is 24.3 Å². The molecule has 0 aliphatic heterocycles. The average Bonchev–Trinajstić information content (AvgIpc) is 3.06. The van der Waals surface area contributed by atoms with Crippen LogP contribution in [0.15, 0.2) is 24.3 Å². The van der Waals surface area contributed by atoms with Gasteiger partial charge in [-0.05, 0) is 31.3 Å². The highest BCUT2D eigenvalue weighted by Gasteiger charge is 2.65. The molecule has 0 bridgehead atoms. The predicted molar refractivity (Wildman–Crippen MR) is 143 cm³/mol. The lowest BCUT2D eigenvalue weighted by molar-refractivity contribution is -0.185. The third-order valence-electron chi connectivity index (χ3n) is 7.46. The summed E-state index contributed by atoms with van der Waals surface area (Å²) in [5.41, 5.74) is -2.51. The number of hydrogen-bond donors (Lipinski definition) is 0. The number of ketones is 2. The molecular formula is C30H44O9. The fraction of sp³-hybridized carbons (Fsp3) is 0.700. The summed E-state index contributed by atoms with van der Waals surface area (Å²) in [7, 11) is 0. The molecule has 9 heteroatoms. The second kappa shape index (κ2) is 12.6. The normalized spacial score (nSPS) is 33.1. The van der Waals surface area contributed by atoms with Crippen molar-refractivity contribution in [2.24, 2.45) is 29.1 Å². The van der Waals surface area contributed by atoms with Crippen molar-refractivity contribution in [1.82, 2.24) is 0 Å². The van der Waals surface area contributed by atoms with E-state index in [0.717, 1.165) is 0 Å². The molecule has 0 heterocycles. The number of Topliss-reactive ketones (excluding diaryl/α,β-unsaturated/α-hetero) is 2. The number of rotatable bonds is 6. The van der Waals surface area contributed by atoms with Crippen molar-refractivity contribution in [1.29, 1.82) is 0 Å². The van der Waals surface area contributed by atoms with Crippen molar-refractivity contribution in [3.8, 4) is 0 Å². The Labute approximate surface area is 231 Å². The minimum atomic E-state index is -1.80. The molecule has 1 fully saturated rings. The van der Waals surface area contributed by atoms with Gasteiger partial charge in [-0.15, -0.1) is 0 Å². The molecule has 0 aromatic carbocycles. The Kier molecular flexibility index (Phi) is 10.4. The number of ether oxygens (including phenoxy) is 4. The number of allylic oxidation sites excluding steroid dienone is 2. The SMILES string of the molecule is C=C1C(OCC(C)C)CC(=O)C(C)(C)C=CC(C)C(=O)C2(OC(C)=O)CC(C)C(OC(C)=O)C2C1OC(C)=O. The van der Waals surface area contributed by atoms with E-state index in [4.69, 9.17) is 18.9 Å². The first-order valence-electron chi connectivity index (χ1n) is 13.5. The first-order chi connectivity index (χ1) is 17.9. The quantitative estimate of drug-likeness (QED) is 0.273. The van der Waals surface area contributed by atoms with Crippen LogP contribution >= 0.6 is 0 Å². The Morgan fingerprint density at radius 2 is 1.62 bits per heavy atom. The van der Waals surface area contributed by atoms with Crippen LogP contribution in [-0.2, 0) is 42.9 Å². The Balaban J connectivity index is 2.91. The van der Waals surface area contributed by atoms with Crippen molar-refractivity contribution in [3.63, 3.8) is 0 Å². The molecule has 0 aromatic heterocycles. The zero-order valence-electron chi connectivity index (χ0n) is 24.7. The summed E-state index contributed by atoms with van der Waals surface area (Å²) < 4.78 is 23.6. The molecular weight excluding hydrogens is 504 g/mol. The fourth-order valence-electron chi connectivity index (χ4n) is 5.56. The summed E-state index contributed by atoms with van der Waals surface area (Å²) in [4.78, 5) is 64.9. The van der Waals surface area contributed by atoms with Gasteiger partial charge in [0.15, 0.2) is 11.4 Å². The highest BCUT2D eigenvalue weighted by molar-refractivity contribution is 5.94. The van der Waals surface area contributed by atoms with Gasteiger partial charge >= 0.3 is 17.9 Å². The van der Waals surface area contributed by atoms with Gasteiger partial charge in [-0.1, -0.05) is 46.4 Å². The molecule has 0 aromatic rings. The number of hydrogen-bond acceptors (Lipinski definition) is 9. The maximum Gasteiger partial charge on any atom is 0.303 e. The molecule has 218 valence electrons. The molecule has 0 saturated heterocycles. The predicted octanol–water partition coefficient (Wildman–Crippen LogP) is 4.17. The molecule has 0 N–H and O–H groups in total. The summed E-state index contributed by atoms with van der Waals surface area (Å²) >= 11 is 0. The van der Waals surface area contributed by atoms with Gasteiger partial charge < -0.3 is 18.9 Å². The second-order valence-electron chi connectivity index (χ2n) is 11.9. The molecule has 9 nitrogen and oxygen atoms in total. The minimum Gasteiger partial charge on any atom is -0.462 e. The maximum absolute atomic E-state index is 14.2. The van der Waals surface area contributed by atoms with E-state index in [1.54, 1.807) is 39.8 Å². The van der Waals surface area contributed by atoms with Gasteiger partial charge in [-0.2, -0.15) is 0 Å². The van der Waals surface area contributed by atoms with E-state index in [0.29, 0.717) is 6.61 Å². The second-order valence-corrected chi connectivity index (χ2v) is 11.9. The Morgan fingerprint density at radius 3 is 2.13 bits per heavy atom. The van der Waals surface area contributed by atoms with Crippen molar-refractivity contribution in [2.75, 3.05) is 6.61 Å². The van der Waals surface area contributed by atoms with Crippen LogP contribution in [0.25, 0.3) is 0 Å². The summed E-state index contributed by atoms with van der Waals surface area (Å²) in [6, 6.07) is 0. The molecule has 2 aliphatic rings. The van der Waals surface area contributed by atoms with E-state index in [-0.39, 0.29) is 30.1 Å². The molecule has 2 aliphatic carbocycles. The van der Waals surface area contributed by atoms with Gasteiger partial charge in [0.1, 0.15) is 18.0 Å². The molecule has 39 heavy (non-hydrogen) atoms. The number of esters is 3. The van der Waals surface area contributed by atoms with Crippen molar-refractivity contribution >= 4 is 29.5 Å². The molecule has 1 saturated carbocycles. The van der Waals surface area contributed by atoms with Crippen LogP contribution in [-0.4, -0.2) is 60.0 Å². The zero-order valence-corrected chi connectivity index (χ0v) is 24.7. The van der Waals surface area contributed by atoms with Crippen LogP contribution < -0.4 is 0 Å². The summed E-state index contributed by atoms with van der Waals surface area (Å²) in [6.07, 6.45) is 0.193. The summed E-state index contributed by atoms with van der Waals surface area (Å²) in [5.74, 6) is -4.81. The smallest absolute Gasteiger partial charge is 0.303 e. The molecule has 7 atom stereocenters. The number of fused-ring (bicyclic) bond motifs is 1. The van der Waals surface area contributed by atoms with E-state index in [1.807, 2.05) is 13.8 Å². The van der Waals surface area contributed by atoms with Crippen LogP contribution in [0.2, 0.25) is 0 Å². The van der Waals surface area contributed by atoms with Gasteiger partial charge in [0.2, 0.25) is 0 Å². The summed E-state index contributed by atoms with van der Waals surface area (Å²) in [6.45, 7) is 19.0. The third-order valence-corrected chi connectivity index (χ3v) is 7.46. The molecule has 0 amide bonds. The standard InChI is InChI=1S/C30H44O9/c1-16(2)15-36-23-13-24(34)29(9,10)12-11-17(3)28(35)30(39-22(8)33)14-18(4)26(37-20(6)31)25(30)27(19(23)5)38-21(7)32/h11-12,16-18,23,25-27H,5,13-15H2,1-4,6-10H3. The summed E-state index contributed by atoms with van der Waals surface area (Å²) in [5, 5.41) is 0. The van der Waals surface area contributed by atoms with Crippen LogP contribution in [0.1, 0.15) is 75.2 Å². The van der Waals surface area contributed by atoms with Gasteiger partial charge in [0.05, 0.1) is 12.0 Å². The highest BCUT2D eigenvalue weighted by atomic mass is 16.6. The zero-order chi connectivity index (χ0) is 29.9. The van der Waals surface area contributed by atoms with E-state index in [9.17, 15) is 24.0 Å². The van der Waals surface area contributed by atoms with Gasteiger partial charge in [0.25, 0.3) is 0 Å². The van der Waals surface area contributed by atoms with Crippen LogP contribution in [0.5, 0.6) is 0 Å². The van der Waals surface area contributed by atoms with Gasteiger partial charge in [-0.3, -0.25) is 24.0 Å². The average molecular weight is 549 g/mol. The first-order valence-corrected chi connectivity index (χ1v) is 13.5. The molecule has 2 rings (SSSR count). The van der Waals surface area contributed by atoms with Gasteiger partial charge in [-0.25, -0.2) is 0 Å². The van der Waals surface area contributed by atoms with E-state index < -0.39 is 70.8 Å². The lowest BCUT2D eigenvalue weighted by Crippen LogP contribution is -2.57. The topological polar surface area (TPSA) is 122 Å². The van der Waals surface area contributed by atoms with Crippen LogP contribution in [0.3, 0.4) is 0 Å². The van der Waals surface area contributed by atoms with E-state index in [1.165, 1.54) is 20.8 Å². The fourth-order valence-corrected chi connectivity index (χ4v) is 5.56. The van der Waals surface area contributed by atoms with Gasteiger partial charge in [0, 0.05) is 51.6 Å². The van der Waals surface area contributed by atoms with Crippen LogP contribution in [0, 0.1) is 29.1 Å². The molecule has 7 unspecified atom stereocenters. The monoisotopic (exact) mass is 548 g/mol.